The summed E-state index contributed by atoms with van der Waals surface area (Å²) in [7, 11) is 1.55. The second-order valence-corrected chi connectivity index (χ2v) is 15.7. The van der Waals surface area contributed by atoms with Gasteiger partial charge in [0.05, 0.1) is 28.8 Å². The lowest BCUT2D eigenvalue weighted by Crippen LogP contribution is -2.41. The second kappa shape index (κ2) is 19.5. The zero-order chi connectivity index (χ0) is 43.0. The molecule has 0 aliphatic carbocycles. The van der Waals surface area contributed by atoms with Gasteiger partial charge in [-0.2, -0.15) is 0 Å². The fourth-order valence-corrected chi connectivity index (χ4v) is 7.99. The molecule has 0 spiro atoms. The van der Waals surface area contributed by atoms with Crippen molar-refractivity contribution in [2.45, 2.75) is 39.5 Å². The van der Waals surface area contributed by atoms with Crippen LogP contribution in [-0.2, 0) is 9.47 Å². The van der Waals surface area contributed by atoms with Gasteiger partial charge in [-0.25, -0.2) is 33.5 Å². The Labute approximate surface area is 353 Å². The standard InChI is InChI=1S/C25H29FN4O4.C21H23FN4O/c1-16-8-9-18-20(13-16)28-23(22-19(26)6-3-7-21(22)31)29-24(18)30-10-4-5-17(15-30)14-27-25(32)34-12-11-33-2;1-13-7-8-15-17(10-13)24-20(19-16(22)5-2-6-18(19)27)25-21(15)26-9-3-4-14(11-23)12-26/h3,6-9,13,17,31H,4-5,10-12,14-15H2,1-2H3,(H,27,32);2,5-8,10,14,27H,3-4,9,11-12,23H2,1H3/t17-;14-/m00/s1. The largest absolute Gasteiger partial charge is 0.507 e. The molecule has 4 aromatic carbocycles. The number of hydrogen-bond acceptors (Lipinski definition) is 12. The van der Waals surface area contributed by atoms with Crippen molar-refractivity contribution in [1.29, 1.82) is 0 Å². The normalized spacial score (nSPS) is 16.6. The Balaban J connectivity index is 0.000000189. The Morgan fingerprint density at radius 1 is 0.754 bits per heavy atom. The van der Waals surface area contributed by atoms with E-state index in [2.05, 4.69) is 30.1 Å². The molecule has 2 aromatic heterocycles. The molecule has 13 nitrogen and oxygen atoms in total. The van der Waals surface area contributed by atoms with E-state index < -0.39 is 17.7 Å². The van der Waals surface area contributed by atoms with E-state index in [1.165, 1.54) is 36.4 Å². The Bertz CT molecular complexity index is 2470. The monoisotopic (exact) mass is 834 g/mol. The van der Waals surface area contributed by atoms with Gasteiger partial charge in [-0.3, -0.25) is 0 Å². The van der Waals surface area contributed by atoms with Crippen LogP contribution in [-0.4, -0.2) is 95.8 Å². The number of carbonyl (C=O) groups is 1. The molecule has 4 heterocycles. The highest BCUT2D eigenvalue weighted by atomic mass is 19.1. The lowest BCUT2D eigenvalue weighted by molar-refractivity contribution is 0.0976. The molecule has 320 valence electrons. The number of nitrogens with zero attached hydrogens (tertiary/aromatic N) is 6. The zero-order valence-electron chi connectivity index (χ0n) is 34.7. The summed E-state index contributed by atoms with van der Waals surface area (Å²) in [4.78, 5) is 34.8. The van der Waals surface area contributed by atoms with Crippen molar-refractivity contribution in [3.05, 3.63) is 95.6 Å². The van der Waals surface area contributed by atoms with Crippen molar-refractivity contribution in [3.8, 4) is 34.3 Å². The highest BCUT2D eigenvalue weighted by Gasteiger charge is 2.27. The van der Waals surface area contributed by atoms with Crippen molar-refractivity contribution in [2.24, 2.45) is 17.6 Å². The number of amides is 1. The third-order valence-corrected chi connectivity index (χ3v) is 11.1. The molecule has 15 heteroatoms. The third-order valence-electron chi connectivity index (χ3n) is 11.1. The van der Waals surface area contributed by atoms with Crippen LogP contribution < -0.4 is 20.9 Å². The number of halogens is 2. The fraction of sp³-hybridized carbons (Fsp3) is 0.370. The molecule has 0 saturated carbocycles. The van der Waals surface area contributed by atoms with Crippen LogP contribution in [0.4, 0.5) is 25.2 Å². The maximum atomic E-state index is 14.6. The van der Waals surface area contributed by atoms with E-state index in [9.17, 15) is 23.8 Å². The predicted octanol–water partition coefficient (Wildman–Crippen LogP) is 7.66. The highest BCUT2D eigenvalue weighted by Crippen LogP contribution is 2.37. The summed E-state index contributed by atoms with van der Waals surface area (Å²) in [5, 5.41) is 25.1. The minimum Gasteiger partial charge on any atom is -0.507 e. The van der Waals surface area contributed by atoms with Crippen LogP contribution in [0.5, 0.6) is 11.5 Å². The molecule has 2 aliphatic rings. The number of methoxy groups -OCH3 is 1. The van der Waals surface area contributed by atoms with Gasteiger partial charge in [0.2, 0.25) is 0 Å². The Morgan fingerprint density at radius 2 is 1.26 bits per heavy atom. The predicted molar refractivity (Wildman–Crippen MR) is 233 cm³/mol. The van der Waals surface area contributed by atoms with Crippen LogP contribution in [0.2, 0.25) is 0 Å². The minimum atomic E-state index is -0.578. The van der Waals surface area contributed by atoms with E-state index >= 15 is 0 Å². The number of aryl methyl sites for hydroxylation is 2. The first-order valence-corrected chi connectivity index (χ1v) is 20.6. The van der Waals surface area contributed by atoms with E-state index in [1.54, 1.807) is 7.11 Å². The van der Waals surface area contributed by atoms with Crippen LogP contribution in [0.3, 0.4) is 0 Å². The maximum Gasteiger partial charge on any atom is 0.407 e. The number of phenolic OH excluding ortho intramolecular Hbond substituents is 2. The number of rotatable bonds is 10. The van der Waals surface area contributed by atoms with Crippen molar-refractivity contribution in [3.63, 3.8) is 0 Å². The van der Waals surface area contributed by atoms with Crippen molar-refractivity contribution < 1.29 is 33.3 Å². The van der Waals surface area contributed by atoms with Gasteiger partial charge in [0.15, 0.2) is 11.6 Å². The smallest absolute Gasteiger partial charge is 0.407 e. The number of phenols is 2. The average Bonchev–Trinajstić information content (AvgIpc) is 3.25. The van der Waals surface area contributed by atoms with E-state index in [-0.39, 0.29) is 46.8 Å². The number of nitrogens with one attached hydrogen (secondary N) is 1. The summed E-state index contributed by atoms with van der Waals surface area (Å²) in [5.74, 6) is 0.947. The van der Waals surface area contributed by atoms with Gasteiger partial charge in [-0.05, 0) is 118 Å². The summed E-state index contributed by atoms with van der Waals surface area (Å²) < 4.78 is 39.0. The Kier molecular flexibility index (Phi) is 13.7. The molecule has 2 atom stereocenters. The van der Waals surface area contributed by atoms with Gasteiger partial charge in [-0.1, -0.05) is 24.3 Å². The molecule has 0 radical (unpaired) electrons. The number of fused-ring (bicyclic) bond motifs is 2. The quantitative estimate of drug-likeness (QED) is 0.0995. The first kappa shape index (κ1) is 42.9. The van der Waals surface area contributed by atoms with Crippen LogP contribution in [0, 0.1) is 37.3 Å². The van der Waals surface area contributed by atoms with Crippen molar-refractivity contribution in [2.75, 3.05) is 69.4 Å². The van der Waals surface area contributed by atoms with E-state index in [4.69, 9.17) is 20.2 Å². The molecule has 2 saturated heterocycles. The Hall–Kier alpha value is -6.19. The fourth-order valence-electron chi connectivity index (χ4n) is 7.99. The molecule has 0 unspecified atom stereocenters. The second-order valence-electron chi connectivity index (χ2n) is 15.7. The molecule has 0 bridgehead atoms. The average molecular weight is 835 g/mol. The number of aromatic hydroxyl groups is 2. The summed E-state index contributed by atoms with van der Waals surface area (Å²) in [6, 6.07) is 20.3. The van der Waals surface area contributed by atoms with Crippen LogP contribution in [0.15, 0.2) is 72.8 Å². The van der Waals surface area contributed by atoms with Gasteiger partial charge >= 0.3 is 6.09 Å². The summed E-state index contributed by atoms with van der Waals surface area (Å²) in [6.07, 6.45) is 3.56. The molecule has 8 rings (SSSR count). The number of alkyl carbamates (subject to hydrolysis) is 1. The van der Waals surface area contributed by atoms with Crippen LogP contribution in [0.25, 0.3) is 44.6 Å². The first-order chi connectivity index (χ1) is 29.5. The number of piperidine rings is 2. The molecule has 6 aromatic rings. The van der Waals surface area contributed by atoms with Crippen molar-refractivity contribution >= 4 is 39.5 Å². The third kappa shape index (κ3) is 10.1. The molecule has 2 fully saturated rings. The van der Waals surface area contributed by atoms with E-state index in [1.807, 2.05) is 50.2 Å². The molecule has 2 aliphatic heterocycles. The Morgan fingerprint density at radius 3 is 1.75 bits per heavy atom. The van der Waals surface area contributed by atoms with Crippen LogP contribution in [0.1, 0.15) is 36.8 Å². The number of ether oxygens (including phenoxy) is 2. The number of benzene rings is 4. The SMILES string of the molecule is COCCOC(=O)NC[C@@H]1CCCN(c2nc(-c3c(O)cccc3F)nc3cc(C)ccc23)C1.Cc1ccc2c(N3CCC[C@@H](CN)C3)nc(-c3c(O)cccc3F)nc2c1. The van der Waals surface area contributed by atoms with Gasteiger partial charge in [0, 0.05) is 50.6 Å². The molecular weight excluding hydrogens is 783 g/mol. The topological polar surface area (TPSA) is 172 Å². The van der Waals surface area contributed by atoms with Crippen molar-refractivity contribution in [1.82, 2.24) is 25.3 Å². The van der Waals surface area contributed by atoms with Gasteiger partial charge < -0.3 is 40.5 Å². The minimum absolute atomic E-state index is 0.0128. The number of nitrogens with two attached hydrogens (primary N) is 1. The molecule has 5 N–H and O–H groups in total. The van der Waals surface area contributed by atoms with Gasteiger partial charge in [0.25, 0.3) is 0 Å². The lowest BCUT2D eigenvalue weighted by atomic mass is 9.97. The molecular formula is C46H52F2N8O5. The summed E-state index contributed by atoms with van der Waals surface area (Å²) >= 11 is 0. The van der Waals surface area contributed by atoms with Gasteiger partial charge in [-0.15, -0.1) is 0 Å². The van der Waals surface area contributed by atoms with E-state index in [0.29, 0.717) is 43.5 Å². The number of aromatic nitrogens is 4. The van der Waals surface area contributed by atoms with Crippen LogP contribution >= 0.6 is 0 Å². The number of carbonyl (C=O) groups excluding carboxylic acids is 1. The summed E-state index contributed by atoms with van der Waals surface area (Å²) in [5.41, 5.74) is 9.43. The first-order valence-electron chi connectivity index (χ1n) is 20.6. The highest BCUT2D eigenvalue weighted by molar-refractivity contribution is 5.93. The molecule has 61 heavy (non-hydrogen) atoms. The molecule has 1 amide bonds. The summed E-state index contributed by atoms with van der Waals surface area (Å²) in [6.45, 7) is 8.77. The zero-order valence-corrected chi connectivity index (χ0v) is 34.7. The van der Waals surface area contributed by atoms with E-state index in [0.717, 1.165) is 78.6 Å². The maximum absolute atomic E-state index is 14.6. The number of anilines is 2. The van der Waals surface area contributed by atoms with Gasteiger partial charge in [0.1, 0.15) is 41.4 Å². The number of hydrogen-bond donors (Lipinski definition) is 4. The lowest BCUT2D eigenvalue weighted by Gasteiger charge is -2.34.